The Morgan fingerprint density at radius 2 is 1.84 bits per heavy atom. The van der Waals surface area contributed by atoms with Crippen LogP contribution in [0.3, 0.4) is 0 Å². The summed E-state index contributed by atoms with van der Waals surface area (Å²) in [5.41, 5.74) is 1.42. The van der Waals surface area contributed by atoms with Crippen LogP contribution in [0.2, 0.25) is 0 Å². The first-order valence-electron chi connectivity index (χ1n) is 14.7. The Labute approximate surface area is 252 Å². The number of sulfonamides is 1. The van der Waals surface area contributed by atoms with Gasteiger partial charge in [-0.1, -0.05) is 37.5 Å². The average Bonchev–Trinajstić information content (AvgIpc) is 3.03. The highest BCUT2D eigenvalue weighted by atomic mass is 32.2. The highest BCUT2D eigenvalue weighted by Crippen LogP contribution is 2.30. The van der Waals surface area contributed by atoms with Gasteiger partial charge in [0.1, 0.15) is 16.5 Å². The fraction of sp³-hybridized carbons (Fsp3) is 0.406. The third kappa shape index (κ3) is 7.40. The Kier molecular flexibility index (Phi) is 9.72. The number of aliphatic imine (C=N–C) groups is 1. The highest BCUT2D eigenvalue weighted by Gasteiger charge is 2.25. The van der Waals surface area contributed by atoms with Gasteiger partial charge in [-0.25, -0.2) is 12.8 Å². The maximum atomic E-state index is 14.3. The molecule has 0 radical (unpaired) electrons. The summed E-state index contributed by atoms with van der Waals surface area (Å²) in [5, 5.41) is 0.706. The molecule has 9 nitrogen and oxygen atoms in total. The molecule has 5 rings (SSSR count). The van der Waals surface area contributed by atoms with E-state index in [-0.39, 0.29) is 28.1 Å². The molecule has 1 N–H and O–H groups in total. The second-order valence-corrected chi connectivity index (χ2v) is 12.7. The van der Waals surface area contributed by atoms with Crippen LogP contribution in [0.5, 0.6) is 5.75 Å². The number of methoxy groups -OCH3 is 1. The number of carbonyl (C=O) groups is 1. The lowest BCUT2D eigenvalue weighted by molar-refractivity contribution is 0.0646. The number of fused-ring (bicyclic) bond motifs is 1. The summed E-state index contributed by atoms with van der Waals surface area (Å²) in [6, 6.07) is 13.2. The van der Waals surface area contributed by atoms with Crippen molar-refractivity contribution in [2.24, 2.45) is 10.9 Å². The van der Waals surface area contributed by atoms with Gasteiger partial charge in [0.25, 0.3) is 15.9 Å². The Morgan fingerprint density at radius 1 is 1.09 bits per heavy atom. The van der Waals surface area contributed by atoms with Crippen molar-refractivity contribution in [2.75, 3.05) is 44.6 Å². The normalized spacial score (nSPS) is 17.7. The number of halogens is 1. The molecule has 1 aliphatic carbocycles. The molecule has 2 aromatic carbocycles. The van der Waals surface area contributed by atoms with Gasteiger partial charge in [0.05, 0.1) is 24.0 Å². The summed E-state index contributed by atoms with van der Waals surface area (Å²) in [5.74, 6) is 0.195. The van der Waals surface area contributed by atoms with Crippen molar-refractivity contribution in [1.29, 1.82) is 0 Å². The molecule has 2 heterocycles. The summed E-state index contributed by atoms with van der Waals surface area (Å²) in [4.78, 5) is 26.0. The second kappa shape index (κ2) is 13.6. The summed E-state index contributed by atoms with van der Waals surface area (Å²) < 4.78 is 48.9. The molecule has 0 spiro atoms. The van der Waals surface area contributed by atoms with E-state index in [4.69, 9.17) is 4.74 Å². The number of amides is 1. The molecular weight excluding hydrogens is 569 g/mol. The van der Waals surface area contributed by atoms with E-state index in [0.717, 1.165) is 12.8 Å². The zero-order valence-electron chi connectivity index (χ0n) is 24.6. The molecule has 43 heavy (non-hydrogen) atoms. The number of hydrogen-bond donors (Lipinski definition) is 1. The number of ether oxygens (including phenoxy) is 1. The molecular formula is C32H38FN5O4S. The van der Waals surface area contributed by atoms with E-state index in [1.165, 1.54) is 45.4 Å². The molecule has 0 unspecified atom stereocenters. The second-order valence-electron chi connectivity index (χ2n) is 11.1. The van der Waals surface area contributed by atoms with E-state index in [1.807, 2.05) is 6.21 Å². The topological polar surface area (TPSA) is 104 Å². The number of aromatic nitrogens is 1. The lowest BCUT2D eigenvalue weighted by Gasteiger charge is -2.35. The van der Waals surface area contributed by atoms with E-state index >= 15 is 0 Å². The number of carbonyl (C=O) groups excluding carboxylic acids is 1. The minimum Gasteiger partial charge on any atom is -0.495 e. The molecule has 1 aliphatic heterocycles. The van der Waals surface area contributed by atoms with Crippen LogP contribution in [-0.2, 0) is 10.0 Å². The third-order valence-corrected chi connectivity index (χ3v) is 9.50. The summed E-state index contributed by atoms with van der Waals surface area (Å²) in [6.07, 6.45) is 9.36. The predicted octanol–water partition coefficient (Wildman–Crippen LogP) is 5.65. The maximum Gasteiger partial charge on any atom is 0.264 e. The smallest absolute Gasteiger partial charge is 0.264 e. The van der Waals surface area contributed by atoms with E-state index in [1.54, 1.807) is 47.5 Å². The molecule has 1 amide bonds. The Morgan fingerprint density at radius 3 is 2.56 bits per heavy atom. The minimum absolute atomic E-state index is 0.0475. The number of piperazine rings is 1. The number of benzene rings is 2. The molecule has 11 heteroatoms. The molecule has 2 fully saturated rings. The fourth-order valence-corrected chi connectivity index (χ4v) is 6.87. The molecule has 2 aliphatic rings. The van der Waals surface area contributed by atoms with Crippen molar-refractivity contribution >= 4 is 38.7 Å². The first kappa shape index (κ1) is 30.6. The Hall–Kier alpha value is -3.83. The Balaban J connectivity index is 1.22. The predicted molar refractivity (Wildman–Crippen MR) is 167 cm³/mol. The van der Waals surface area contributed by atoms with Crippen molar-refractivity contribution in [3.05, 3.63) is 71.8 Å². The van der Waals surface area contributed by atoms with E-state index in [2.05, 4.69) is 19.6 Å². The van der Waals surface area contributed by atoms with Gasteiger partial charge in [-0.15, -0.1) is 0 Å². The van der Waals surface area contributed by atoms with Gasteiger partial charge in [-0.3, -0.25) is 24.4 Å². The van der Waals surface area contributed by atoms with Crippen molar-refractivity contribution in [3.63, 3.8) is 0 Å². The largest absolute Gasteiger partial charge is 0.495 e. The van der Waals surface area contributed by atoms with E-state index in [0.29, 0.717) is 60.8 Å². The minimum atomic E-state index is -3.99. The van der Waals surface area contributed by atoms with Gasteiger partial charge in [0, 0.05) is 56.1 Å². The molecule has 0 atom stereocenters. The monoisotopic (exact) mass is 607 g/mol. The average molecular weight is 608 g/mol. The number of anilines is 1. The van der Waals surface area contributed by atoms with E-state index in [9.17, 15) is 17.6 Å². The highest BCUT2D eigenvalue weighted by molar-refractivity contribution is 7.93. The van der Waals surface area contributed by atoms with Crippen molar-refractivity contribution in [3.8, 4) is 5.75 Å². The number of allylic oxidation sites excluding steroid dienone is 1. The zero-order chi connectivity index (χ0) is 30.4. The number of nitrogens with one attached hydrogen (secondary N) is 1. The van der Waals surface area contributed by atoms with Crippen LogP contribution in [0.15, 0.2) is 76.1 Å². The number of rotatable bonds is 9. The van der Waals surface area contributed by atoms with Gasteiger partial charge in [0.15, 0.2) is 0 Å². The quantitative estimate of drug-likeness (QED) is 0.315. The first-order valence-corrected chi connectivity index (χ1v) is 16.2. The molecule has 1 saturated heterocycles. The van der Waals surface area contributed by atoms with Crippen LogP contribution in [0.1, 0.15) is 49.4 Å². The molecule has 0 bridgehead atoms. The van der Waals surface area contributed by atoms with Crippen molar-refractivity contribution in [2.45, 2.75) is 43.9 Å². The Bertz CT molecular complexity index is 1620. The van der Waals surface area contributed by atoms with E-state index < -0.39 is 10.0 Å². The van der Waals surface area contributed by atoms with Crippen LogP contribution < -0.4 is 9.46 Å². The van der Waals surface area contributed by atoms with Gasteiger partial charge in [-0.2, -0.15) is 0 Å². The molecule has 3 aromatic rings. The summed E-state index contributed by atoms with van der Waals surface area (Å²) in [6.45, 7) is 4.00. The molecule has 1 aromatic heterocycles. The number of nitrogens with zero attached hydrogens (tertiary/aromatic N) is 4. The lowest BCUT2D eigenvalue weighted by Crippen LogP contribution is -2.49. The van der Waals surface area contributed by atoms with Crippen LogP contribution in [0.25, 0.3) is 10.9 Å². The molecule has 1 saturated carbocycles. The number of para-hydroxylation sites is 1. The first-order chi connectivity index (χ1) is 20.7. The van der Waals surface area contributed by atoms with Crippen LogP contribution >= 0.6 is 0 Å². The number of hydrogen-bond acceptors (Lipinski definition) is 7. The summed E-state index contributed by atoms with van der Waals surface area (Å²) >= 11 is 0. The van der Waals surface area contributed by atoms with Gasteiger partial charge >= 0.3 is 0 Å². The lowest BCUT2D eigenvalue weighted by atomic mass is 9.90. The van der Waals surface area contributed by atoms with Gasteiger partial charge in [-0.05, 0) is 56.0 Å². The third-order valence-electron chi connectivity index (χ3n) is 8.10. The fourth-order valence-electron chi connectivity index (χ4n) is 5.62. The molecule has 228 valence electrons. The maximum absolute atomic E-state index is 14.3. The van der Waals surface area contributed by atoms with Crippen LogP contribution in [-0.4, -0.2) is 75.2 Å². The van der Waals surface area contributed by atoms with Gasteiger partial charge in [0.2, 0.25) is 0 Å². The standard InChI is InChI=1S/C32H38FN5O4S/c1-23(33)28(35-21-24-8-4-3-5-9-24)22-37-16-18-38(19-17-37)32(39)26-13-14-27(29(20-26)42-2)36-43(40,41)30-12-6-10-25-11-7-15-34-31(25)30/h6-7,10-15,20-21,24,36H,3-5,8-9,16-19,22H2,1-2H3/b28-23+,35-21?. The van der Waals surface area contributed by atoms with Crippen molar-refractivity contribution < 1.29 is 22.3 Å². The summed E-state index contributed by atoms with van der Waals surface area (Å²) in [7, 11) is -2.57. The zero-order valence-corrected chi connectivity index (χ0v) is 25.4. The SMILES string of the molecule is COc1cc(C(=O)N2CCN(C/C(N=CC3CCCCC3)=C(/C)F)CC2)ccc1NS(=O)(=O)c1cccc2cccnc12. The number of pyridine rings is 1. The van der Waals surface area contributed by atoms with Crippen molar-refractivity contribution in [1.82, 2.24) is 14.8 Å². The van der Waals surface area contributed by atoms with Crippen LogP contribution in [0, 0.1) is 5.92 Å². The van der Waals surface area contributed by atoms with Gasteiger partial charge < -0.3 is 9.64 Å². The van der Waals surface area contributed by atoms with Crippen LogP contribution in [0.4, 0.5) is 10.1 Å².